The van der Waals surface area contributed by atoms with Crippen molar-refractivity contribution in [1.29, 1.82) is 10.5 Å². The molecule has 1 saturated carbocycles. The summed E-state index contributed by atoms with van der Waals surface area (Å²) in [6.07, 6.45) is 2.91. The first-order valence-corrected chi connectivity index (χ1v) is 12.2. The van der Waals surface area contributed by atoms with Crippen LogP contribution in [-0.2, 0) is 4.74 Å². The molecule has 2 aliphatic heterocycles. The molecule has 13 heteroatoms. The first kappa shape index (κ1) is 23.4. The summed E-state index contributed by atoms with van der Waals surface area (Å²) < 4.78 is 22.6. The number of rotatable bonds is 6. The van der Waals surface area contributed by atoms with Crippen molar-refractivity contribution in [1.82, 2.24) is 24.5 Å². The van der Waals surface area contributed by atoms with Gasteiger partial charge in [0.25, 0.3) is 0 Å². The fourth-order valence-electron chi connectivity index (χ4n) is 4.82. The highest BCUT2D eigenvalue weighted by Gasteiger charge is 2.34. The van der Waals surface area contributed by atoms with Crippen LogP contribution in [0.25, 0.3) is 5.65 Å². The Morgan fingerprint density at radius 2 is 1.92 bits per heavy atom. The molecule has 0 radical (unpaired) electrons. The van der Waals surface area contributed by atoms with E-state index in [0.29, 0.717) is 62.1 Å². The first-order valence-electron chi connectivity index (χ1n) is 12.2. The molecule has 3 N–H and O–H groups in total. The van der Waals surface area contributed by atoms with Crippen LogP contribution in [0.4, 0.5) is 27.5 Å². The fraction of sp³-hybridized carbons (Fsp3) is 0.458. The van der Waals surface area contributed by atoms with E-state index >= 15 is 4.39 Å². The number of halogens is 1. The van der Waals surface area contributed by atoms with Gasteiger partial charge in [-0.05, 0) is 25.0 Å². The van der Waals surface area contributed by atoms with E-state index in [-0.39, 0.29) is 29.4 Å². The molecule has 6 rings (SSSR count). The molecule has 2 aromatic heterocycles. The van der Waals surface area contributed by atoms with E-state index in [0.717, 1.165) is 12.8 Å². The maximum absolute atomic E-state index is 15.8. The number of imidazole rings is 1. The van der Waals surface area contributed by atoms with Gasteiger partial charge in [-0.25, -0.2) is 9.37 Å². The Kier molecular flexibility index (Phi) is 5.96. The summed E-state index contributed by atoms with van der Waals surface area (Å²) in [6.45, 7) is 3.16. The minimum atomic E-state index is -0.525. The number of hydrogen-bond acceptors (Lipinski definition) is 11. The van der Waals surface area contributed by atoms with Crippen molar-refractivity contribution in [3.63, 3.8) is 0 Å². The number of aliphatic hydroxyl groups excluding tert-OH is 1. The number of nitrogens with one attached hydrogen (secondary N) is 2. The van der Waals surface area contributed by atoms with Crippen molar-refractivity contribution in [2.75, 3.05) is 54.9 Å². The van der Waals surface area contributed by atoms with Crippen LogP contribution in [0.15, 0.2) is 18.3 Å². The number of nitrogens with zero attached hydrogens (tertiary/aromatic N) is 8. The largest absolute Gasteiger partial charge is 0.389 e. The number of ether oxygens (including phenoxy) is 1. The van der Waals surface area contributed by atoms with Crippen molar-refractivity contribution < 1.29 is 14.2 Å². The highest BCUT2D eigenvalue weighted by molar-refractivity contribution is 5.70. The number of aromatic nitrogens is 4. The molecule has 3 aromatic rings. The topological polar surface area (TPSA) is 151 Å². The molecular formula is C24H25FN10O2. The maximum Gasteiger partial charge on any atom is 0.247 e. The minimum absolute atomic E-state index is 0.0540. The van der Waals surface area contributed by atoms with Gasteiger partial charge in [0.1, 0.15) is 6.07 Å². The third-order valence-electron chi connectivity index (χ3n) is 6.97. The summed E-state index contributed by atoms with van der Waals surface area (Å²) >= 11 is 0. The second-order valence-electron chi connectivity index (χ2n) is 9.48. The van der Waals surface area contributed by atoms with Gasteiger partial charge in [0, 0.05) is 32.2 Å². The van der Waals surface area contributed by atoms with E-state index in [1.165, 1.54) is 22.8 Å². The van der Waals surface area contributed by atoms with Gasteiger partial charge in [-0.1, -0.05) is 0 Å². The molecule has 3 aliphatic rings. The lowest BCUT2D eigenvalue weighted by Crippen LogP contribution is -2.53. The summed E-state index contributed by atoms with van der Waals surface area (Å²) in [5.74, 6) is 0.00104. The zero-order valence-corrected chi connectivity index (χ0v) is 19.9. The summed E-state index contributed by atoms with van der Waals surface area (Å²) in [5, 5.41) is 39.8. The van der Waals surface area contributed by atoms with Gasteiger partial charge in [-0.15, -0.1) is 5.10 Å². The van der Waals surface area contributed by atoms with Crippen LogP contribution in [0.1, 0.15) is 24.1 Å². The van der Waals surface area contributed by atoms with E-state index in [1.807, 2.05) is 11.0 Å². The monoisotopic (exact) mass is 504 g/mol. The average molecular weight is 505 g/mol. The Bertz CT molecular complexity index is 1420. The van der Waals surface area contributed by atoms with Crippen LogP contribution in [0.2, 0.25) is 0 Å². The van der Waals surface area contributed by atoms with Crippen molar-refractivity contribution in [2.45, 2.75) is 31.0 Å². The SMILES string of the molecule is N#Cc1cc(Nc2nc(NC3CC3)c3ncc(C#N)n3n2)c(F)c(N2CCN(C3COCC3O)CC2)c1. The zero-order valence-electron chi connectivity index (χ0n) is 19.9. The van der Waals surface area contributed by atoms with Gasteiger partial charge in [-0.2, -0.15) is 20.0 Å². The lowest BCUT2D eigenvalue weighted by molar-refractivity contribution is 0.0784. The van der Waals surface area contributed by atoms with E-state index in [9.17, 15) is 15.6 Å². The molecule has 4 heterocycles. The van der Waals surface area contributed by atoms with E-state index in [2.05, 4.69) is 36.7 Å². The van der Waals surface area contributed by atoms with Gasteiger partial charge < -0.3 is 25.4 Å². The number of anilines is 4. The lowest BCUT2D eigenvalue weighted by atomic mass is 10.1. The molecule has 190 valence electrons. The Morgan fingerprint density at radius 3 is 2.59 bits per heavy atom. The summed E-state index contributed by atoms with van der Waals surface area (Å²) in [4.78, 5) is 12.8. The average Bonchev–Trinajstić information content (AvgIpc) is 3.46. The molecule has 3 fully saturated rings. The second-order valence-corrected chi connectivity index (χ2v) is 9.48. The molecule has 2 unspecified atom stereocenters. The quantitative estimate of drug-likeness (QED) is 0.444. The van der Waals surface area contributed by atoms with Gasteiger partial charge in [0.15, 0.2) is 23.0 Å². The van der Waals surface area contributed by atoms with Gasteiger partial charge in [0.05, 0.1) is 54.6 Å². The second kappa shape index (κ2) is 9.44. The molecule has 1 aromatic carbocycles. The highest BCUT2D eigenvalue weighted by Crippen LogP contribution is 2.32. The molecule has 12 nitrogen and oxygen atoms in total. The van der Waals surface area contributed by atoms with Gasteiger partial charge in [-0.3, -0.25) is 4.90 Å². The molecular weight excluding hydrogens is 479 g/mol. The number of aliphatic hydroxyl groups is 1. The van der Waals surface area contributed by atoms with E-state index < -0.39 is 11.9 Å². The molecule has 1 aliphatic carbocycles. The summed E-state index contributed by atoms with van der Waals surface area (Å²) in [5.41, 5.74) is 1.30. The normalized spacial score (nSPS) is 22.1. The zero-order chi connectivity index (χ0) is 25.5. The molecule has 37 heavy (non-hydrogen) atoms. The maximum atomic E-state index is 15.8. The van der Waals surface area contributed by atoms with Crippen LogP contribution in [0.5, 0.6) is 0 Å². The third-order valence-corrected chi connectivity index (χ3v) is 6.97. The van der Waals surface area contributed by atoms with Crippen molar-refractivity contribution in [3.8, 4) is 12.1 Å². The standard InChI is InChI=1S/C24H25FN10O2/c25-21-17(30-24-31-22(29-15-1-2-15)23-28-11-16(10-27)35(23)32-24)7-14(9-26)8-18(21)33-3-5-34(6-4-33)19-12-37-13-20(19)36/h7-8,11,15,19-20,36H,1-6,12-13H2,(H2,29,30,31,32). The van der Waals surface area contributed by atoms with Crippen LogP contribution in [-0.4, -0.2) is 87.2 Å². The smallest absolute Gasteiger partial charge is 0.247 e. The molecule has 0 spiro atoms. The van der Waals surface area contributed by atoms with E-state index in [4.69, 9.17) is 4.74 Å². The van der Waals surface area contributed by atoms with Gasteiger partial charge in [0.2, 0.25) is 5.95 Å². The molecule has 2 atom stereocenters. The Balaban J connectivity index is 1.28. The van der Waals surface area contributed by atoms with Gasteiger partial charge >= 0.3 is 0 Å². The van der Waals surface area contributed by atoms with Crippen LogP contribution >= 0.6 is 0 Å². The molecule has 0 amide bonds. The Hall–Kier alpha value is -4.04. The summed E-state index contributed by atoms with van der Waals surface area (Å²) in [6, 6.07) is 7.33. The number of benzene rings is 1. The predicted octanol–water partition coefficient (Wildman–Crippen LogP) is 1.21. The Morgan fingerprint density at radius 1 is 1.11 bits per heavy atom. The van der Waals surface area contributed by atoms with E-state index in [1.54, 1.807) is 0 Å². The number of fused-ring (bicyclic) bond motifs is 1. The predicted molar refractivity (Wildman–Crippen MR) is 131 cm³/mol. The first-order chi connectivity index (χ1) is 18.0. The van der Waals surface area contributed by atoms with Crippen LogP contribution < -0.4 is 15.5 Å². The minimum Gasteiger partial charge on any atom is -0.389 e. The number of hydrogen-bond donors (Lipinski definition) is 3. The van der Waals surface area contributed by atoms with Crippen LogP contribution in [0.3, 0.4) is 0 Å². The highest BCUT2D eigenvalue weighted by atomic mass is 19.1. The third kappa shape index (κ3) is 4.49. The Labute approximate surface area is 211 Å². The molecule has 0 bridgehead atoms. The van der Waals surface area contributed by atoms with Crippen molar-refractivity contribution in [2.24, 2.45) is 0 Å². The molecule has 2 saturated heterocycles. The summed E-state index contributed by atoms with van der Waals surface area (Å²) in [7, 11) is 0. The number of piperazine rings is 1. The lowest BCUT2D eigenvalue weighted by Gasteiger charge is -2.39. The van der Waals surface area contributed by atoms with Crippen LogP contribution in [0, 0.1) is 28.5 Å². The van der Waals surface area contributed by atoms with Crippen molar-refractivity contribution in [3.05, 3.63) is 35.4 Å². The fourth-order valence-corrected chi connectivity index (χ4v) is 4.82. The van der Waals surface area contributed by atoms with Crippen molar-refractivity contribution >= 4 is 28.8 Å². The number of nitriles is 2.